The van der Waals surface area contributed by atoms with Gasteiger partial charge in [0.2, 0.25) is 0 Å². The number of pyridine rings is 1. The molecule has 3 heterocycles. The van der Waals surface area contributed by atoms with Crippen molar-refractivity contribution in [1.29, 1.82) is 0 Å². The molecular weight excluding hydrogens is 526 g/mol. The summed E-state index contributed by atoms with van der Waals surface area (Å²) in [5.74, 6) is 0.589. The number of fused-ring (bicyclic) bond motifs is 2. The number of aryl methyl sites for hydroxylation is 1. The summed E-state index contributed by atoms with van der Waals surface area (Å²) in [6.45, 7) is 7.37. The maximum absolute atomic E-state index is 13.9. The van der Waals surface area contributed by atoms with E-state index in [0.717, 1.165) is 43.6 Å². The Balaban J connectivity index is 1.23. The van der Waals surface area contributed by atoms with Gasteiger partial charge < -0.3 is 5.32 Å². The first-order valence-electron chi connectivity index (χ1n) is 14.6. The predicted octanol–water partition coefficient (Wildman–Crippen LogP) is 4.64. The summed E-state index contributed by atoms with van der Waals surface area (Å²) in [5, 5.41) is 3.97. The van der Waals surface area contributed by atoms with E-state index in [9.17, 15) is 14.4 Å². The van der Waals surface area contributed by atoms with Crippen LogP contribution in [0.15, 0.2) is 106 Å². The molecule has 8 heteroatoms. The van der Waals surface area contributed by atoms with Crippen molar-refractivity contribution >= 4 is 16.6 Å². The fourth-order valence-corrected chi connectivity index (χ4v) is 6.20. The molecule has 214 valence electrons. The molecule has 6 rings (SSSR count). The van der Waals surface area contributed by atoms with Crippen LogP contribution in [0, 0.1) is 18.8 Å². The summed E-state index contributed by atoms with van der Waals surface area (Å²) in [6, 6.07) is 24.4. The minimum Gasteiger partial charge on any atom is -0.385 e. The number of para-hydroxylation sites is 1. The Morgan fingerprint density at radius 3 is 2.43 bits per heavy atom. The van der Waals surface area contributed by atoms with Crippen LogP contribution in [0.2, 0.25) is 0 Å². The molecule has 0 bridgehead atoms. The van der Waals surface area contributed by atoms with Gasteiger partial charge >= 0.3 is 5.69 Å². The topological polar surface area (TPSA) is 90.4 Å². The number of hydrogen-bond acceptors (Lipinski definition) is 5. The van der Waals surface area contributed by atoms with Gasteiger partial charge in [0.25, 0.3) is 11.1 Å². The highest BCUT2D eigenvalue weighted by Gasteiger charge is 2.25. The Kier molecular flexibility index (Phi) is 7.61. The van der Waals surface area contributed by atoms with E-state index in [-0.39, 0.29) is 29.3 Å². The minimum atomic E-state index is -0.374. The molecule has 42 heavy (non-hydrogen) atoms. The molecule has 1 aliphatic rings. The molecule has 8 nitrogen and oxygen atoms in total. The molecule has 0 spiro atoms. The number of benzene rings is 2. The van der Waals surface area contributed by atoms with E-state index in [0.29, 0.717) is 34.7 Å². The maximum atomic E-state index is 13.9. The van der Waals surface area contributed by atoms with Crippen LogP contribution in [0.1, 0.15) is 42.6 Å². The second kappa shape index (κ2) is 11.6. The molecule has 2 aromatic carbocycles. The normalized spacial score (nSPS) is 17.0. The van der Waals surface area contributed by atoms with Gasteiger partial charge in [-0.1, -0.05) is 55.1 Å². The van der Waals surface area contributed by atoms with E-state index in [1.165, 1.54) is 16.2 Å². The molecule has 0 atom stereocenters. The van der Waals surface area contributed by atoms with Crippen molar-refractivity contribution in [3.8, 4) is 0 Å². The minimum absolute atomic E-state index is 0.0962. The molecule has 3 aromatic heterocycles. The van der Waals surface area contributed by atoms with Crippen LogP contribution < -0.4 is 22.1 Å². The average Bonchev–Trinajstić information content (AvgIpc) is 3.01. The van der Waals surface area contributed by atoms with Crippen LogP contribution >= 0.6 is 0 Å². The van der Waals surface area contributed by atoms with Crippen LogP contribution in [0.3, 0.4) is 0 Å². The number of nitrogens with one attached hydrogen (secondary N) is 1. The standard InChI is InChI=1S/C34H35N5O3/c1-23-9-8-14-31-36-28(19-32(40)39(23)31)22-37-30-13-7-6-12-29(30)33(41)38(34(37)42)21-26-15-17-27(18-16-26)24(2)35-20-25-10-4-3-5-11-25/h3-14,19,26-27,35H,2,15-18,20-22H2,1H3. The highest BCUT2D eigenvalue weighted by Crippen LogP contribution is 2.32. The monoisotopic (exact) mass is 561 g/mol. The van der Waals surface area contributed by atoms with E-state index < -0.39 is 0 Å². The maximum Gasteiger partial charge on any atom is 0.331 e. The lowest BCUT2D eigenvalue weighted by Crippen LogP contribution is -2.42. The number of aromatic nitrogens is 4. The fraction of sp³-hybridized carbons (Fsp3) is 0.294. The quantitative estimate of drug-likeness (QED) is 0.298. The lowest BCUT2D eigenvalue weighted by Gasteiger charge is -2.30. The summed E-state index contributed by atoms with van der Waals surface area (Å²) >= 11 is 0. The molecule has 1 fully saturated rings. The highest BCUT2D eigenvalue weighted by molar-refractivity contribution is 5.77. The smallest absolute Gasteiger partial charge is 0.331 e. The summed E-state index contributed by atoms with van der Waals surface area (Å²) in [4.78, 5) is 45.0. The van der Waals surface area contributed by atoms with Gasteiger partial charge in [0.1, 0.15) is 5.65 Å². The lowest BCUT2D eigenvalue weighted by molar-refractivity contribution is 0.262. The van der Waals surface area contributed by atoms with Gasteiger partial charge in [-0.3, -0.25) is 23.1 Å². The van der Waals surface area contributed by atoms with Crippen molar-refractivity contribution in [2.75, 3.05) is 0 Å². The molecule has 0 unspecified atom stereocenters. The van der Waals surface area contributed by atoms with Gasteiger partial charge in [0, 0.05) is 30.5 Å². The zero-order chi connectivity index (χ0) is 29.2. The highest BCUT2D eigenvalue weighted by atomic mass is 16.2. The van der Waals surface area contributed by atoms with Gasteiger partial charge in [0.15, 0.2) is 0 Å². The third-order valence-corrected chi connectivity index (χ3v) is 8.53. The Labute approximate surface area is 243 Å². The fourth-order valence-electron chi connectivity index (χ4n) is 6.20. The third-order valence-electron chi connectivity index (χ3n) is 8.53. The van der Waals surface area contributed by atoms with Crippen LogP contribution in [-0.4, -0.2) is 18.5 Å². The number of hydrogen-bond donors (Lipinski definition) is 1. The van der Waals surface area contributed by atoms with Crippen molar-refractivity contribution in [2.24, 2.45) is 11.8 Å². The Bertz CT molecular complexity index is 1950. The zero-order valence-electron chi connectivity index (χ0n) is 23.8. The molecule has 5 aromatic rings. The Morgan fingerprint density at radius 1 is 0.905 bits per heavy atom. The number of rotatable bonds is 8. The average molecular weight is 562 g/mol. The summed E-state index contributed by atoms with van der Waals surface area (Å²) < 4.78 is 4.51. The van der Waals surface area contributed by atoms with E-state index in [4.69, 9.17) is 0 Å². The molecule has 0 radical (unpaired) electrons. The lowest BCUT2D eigenvalue weighted by atomic mass is 9.80. The van der Waals surface area contributed by atoms with E-state index in [1.54, 1.807) is 27.2 Å². The molecule has 0 amide bonds. The van der Waals surface area contributed by atoms with Crippen LogP contribution in [0.5, 0.6) is 0 Å². The van der Waals surface area contributed by atoms with Crippen molar-refractivity contribution in [3.63, 3.8) is 0 Å². The van der Waals surface area contributed by atoms with Crippen LogP contribution in [-0.2, 0) is 19.6 Å². The van der Waals surface area contributed by atoms with Gasteiger partial charge in [-0.25, -0.2) is 9.78 Å². The first-order chi connectivity index (χ1) is 20.4. The Hall–Kier alpha value is -4.72. The second-order valence-electron chi connectivity index (χ2n) is 11.3. The third kappa shape index (κ3) is 5.44. The molecular formula is C34H35N5O3. The van der Waals surface area contributed by atoms with Gasteiger partial charge in [0.05, 0.1) is 23.1 Å². The molecule has 1 aliphatic carbocycles. The Morgan fingerprint density at radius 2 is 1.64 bits per heavy atom. The van der Waals surface area contributed by atoms with E-state index in [2.05, 4.69) is 29.0 Å². The number of nitrogens with zero attached hydrogens (tertiary/aromatic N) is 4. The van der Waals surface area contributed by atoms with Crippen molar-refractivity contribution in [1.82, 2.24) is 23.8 Å². The predicted molar refractivity (Wildman–Crippen MR) is 166 cm³/mol. The van der Waals surface area contributed by atoms with E-state index >= 15 is 0 Å². The van der Waals surface area contributed by atoms with Gasteiger partial charge in [-0.2, -0.15) is 0 Å². The van der Waals surface area contributed by atoms with Gasteiger partial charge in [-0.15, -0.1) is 0 Å². The van der Waals surface area contributed by atoms with Gasteiger partial charge in [-0.05, 0) is 74.3 Å². The van der Waals surface area contributed by atoms with E-state index in [1.807, 2.05) is 49.4 Å². The number of allylic oxidation sites excluding steroid dienone is 1. The summed E-state index contributed by atoms with van der Waals surface area (Å²) in [5.41, 5.74) is 3.76. The van der Waals surface area contributed by atoms with Crippen molar-refractivity contribution in [3.05, 3.63) is 139 Å². The molecule has 0 saturated heterocycles. The summed E-state index contributed by atoms with van der Waals surface area (Å²) in [7, 11) is 0. The molecule has 1 N–H and O–H groups in total. The molecule has 0 aliphatic heterocycles. The molecule has 1 saturated carbocycles. The first-order valence-corrected chi connectivity index (χ1v) is 14.6. The van der Waals surface area contributed by atoms with Crippen molar-refractivity contribution in [2.45, 2.75) is 52.2 Å². The largest absolute Gasteiger partial charge is 0.385 e. The SMILES string of the molecule is C=C(NCc1ccccc1)C1CCC(Cn2c(=O)c3ccccc3n(Cc3cc(=O)n4c(C)cccc4n3)c2=O)CC1. The summed E-state index contributed by atoms with van der Waals surface area (Å²) in [6.07, 6.45) is 3.76. The zero-order valence-corrected chi connectivity index (χ0v) is 23.8. The van der Waals surface area contributed by atoms with Crippen molar-refractivity contribution < 1.29 is 0 Å². The van der Waals surface area contributed by atoms with Crippen LogP contribution in [0.25, 0.3) is 16.6 Å². The first kappa shape index (κ1) is 27.4. The second-order valence-corrected chi connectivity index (χ2v) is 11.3. The van der Waals surface area contributed by atoms with Crippen LogP contribution in [0.4, 0.5) is 0 Å².